The molecule has 0 bridgehead atoms. The van der Waals surface area contributed by atoms with E-state index >= 15 is 4.39 Å². The lowest BCUT2D eigenvalue weighted by Gasteiger charge is -2.11. The summed E-state index contributed by atoms with van der Waals surface area (Å²) < 4.78 is 31.8. The predicted molar refractivity (Wildman–Crippen MR) is 129 cm³/mol. The molecule has 0 saturated carbocycles. The Hall–Kier alpha value is -4.73. The van der Waals surface area contributed by atoms with Crippen molar-refractivity contribution >= 4 is 22.4 Å². The zero-order valence-electron chi connectivity index (χ0n) is 18.9. The molecular weight excluding hydrogens is 451 g/mol. The largest absolute Gasteiger partial charge is 0.495 e. The smallest absolute Gasteiger partial charge is 0.247 e. The highest BCUT2D eigenvalue weighted by Gasteiger charge is 2.15. The maximum absolute atomic E-state index is 15.1. The molecule has 5 aromatic rings. The third-order valence-electron chi connectivity index (χ3n) is 5.34. The van der Waals surface area contributed by atoms with E-state index in [0.717, 1.165) is 0 Å². The molecule has 0 aliphatic rings. The van der Waals surface area contributed by atoms with Gasteiger partial charge in [0.05, 0.1) is 23.9 Å². The summed E-state index contributed by atoms with van der Waals surface area (Å²) in [6.07, 6.45) is 0.642. The van der Waals surface area contributed by atoms with Crippen LogP contribution >= 0.6 is 0 Å². The molecule has 2 heterocycles. The van der Waals surface area contributed by atoms with Gasteiger partial charge in [0.1, 0.15) is 28.9 Å². The number of ether oxygens (including phenoxy) is 2. The maximum atomic E-state index is 15.1. The third-order valence-corrected chi connectivity index (χ3v) is 5.34. The van der Waals surface area contributed by atoms with Crippen molar-refractivity contribution in [3.05, 3.63) is 66.3 Å². The predicted octanol–water partition coefficient (Wildman–Crippen LogP) is 5.01. The van der Waals surface area contributed by atoms with E-state index in [1.54, 1.807) is 36.4 Å². The standard InChI is InChI=1S/C25H21FN6O3/c1-3-22-31-32-25(35-22)13-5-4-6-14(9-13)34-15-7-8-16(18(26)10-15)24-29-20-12-21(33-2)19(27)11-17(20)23(28)30-24/h4-12H,3,27H2,1-2H3,(H2,28,29,30). The maximum Gasteiger partial charge on any atom is 0.247 e. The highest BCUT2D eigenvalue weighted by atomic mass is 19.1. The van der Waals surface area contributed by atoms with E-state index in [0.29, 0.717) is 57.6 Å². The number of fused-ring (bicyclic) bond motifs is 1. The summed E-state index contributed by atoms with van der Waals surface area (Å²) in [5.41, 5.74) is 13.8. The Balaban J connectivity index is 1.44. The van der Waals surface area contributed by atoms with Crippen molar-refractivity contribution in [2.45, 2.75) is 13.3 Å². The number of nitrogens with zero attached hydrogens (tertiary/aromatic N) is 4. The summed E-state index contributed by atoms with van der Waals surface area (Å²) in [6.45, 7) is 1.93. The molecule has 0 spiro atoms. The zero-order chi connectivity index (χ0) is 24.5. The van der Waals surface area contributed by atoms with Crippen LogP contribution in [0.2, 0.25) is 0 Å². The van der Waals surface area contributed by atoms with Gasteiger partial charge in [0, 0.05) is 29.5 Å². The molecule has 10 heteroatoms. The van der Waals surface area contributed by atoms with Crippen LogP contribution in [0.5, 0.6) is 17.2 Å². The highest BCUT2D eigenvalue weighted by molar-refractivity contribution is 5.93. The van der Waals surface area contributed by atoms with Crippen LogP contribution in [-0.2, 0) is 6.42 Å². The molecule has 176 valence electrons. The lowest BCUT2D eigenvalue weighted by Crippen LogP contribution is -2.01. The Bertz CT molecular complexity index is 1550. The minimum Gasteiger partial charge on any atom is -0.495 e. The van der Waals surface area contributed by atoms with Crippen molar-refractivity contribution < 1.29 is 18.3 Å². The van der Waals surface area contributed by atoms with Crippen molar-refractivity contribution in [3.63, 3.8) is 0 Å². The lowest BCUT2D eigenvalue weighted by atomic mass is 10.1. The van der Waals surface area contributed by atoms with Gasteiger partial charge in [-0.1, -0.05) is 13.0 Å². The Morgan fingerprint density at radius 1 is 0.971 bits per heavy atom. The number of methoxy groups -OCH3 is 1. The van der Waals surface area contributed by atoms with Gasteiger partial charge in [0.2, 0.25) is 11.8 Å². The first-order valence-corrected chi connectivity index (χ1v) is 10.8. The highest BCUT2D eigenvalue weighted by Crippen LogP contribution is 2.33. The summed E-state index contributed by atoms with van der Waals surface area (Å²) in [5.74, 6) is 1.91. The number of nitrogens with two attached hydrogens (primary N) is 2. The average Bonchev–Trinajstić information content (AvgIpc) is 3.34. The van der Waals surface area contributed by atoms with E-state index < -0.39 is 5.82 Å². The number of nitrogen functional groups attached to an aromatic ring is 2. The topological polar surface area (TPSA) is 135 Å². The van der Waals surface area contributed by atoms with Gasteiger partial charge in [-0.15, -0.1) is 10.2 Å². The molecule has 0 amide bonds. The van der Waals surface area contributed by atoms with E-state index in [2.05, 4.69) is 20.2 Å². The van der Waals surface area contributed by atoms with Gasteiger partial charge in [-0.05, 0) is 36.4 Å². The molecule has 0 saturated heterocycles. The molecule has 3 aromatic carbocycles. The van der Waals surface area contributed by atoms with Gasteiger partial charge in [0.15, 0.2) is 5.82 Å². The first-order valence-electron chi connectivity index (χ1n) is 10.8. The number of aryl methyl sites for hydroxylation is 1. The van der Waals surface area contributed by atoms with Crippen LogP contribution in [0.25, 0.3) is 33.7 Å². The van der Waals surface area contributed by atoms with Gasteiger partial charge in [-0.2, -0.15) is 0 Å². The van der Waals surface area contributed by atoms with E-state index in [9.17, 15) is 0 Å². The number of hydrogen-bond donors (Lipinski definition) is 2. The second-order valence-electron chi connectivity index (χ2n) is 7.67. The number of halogens is 1. The van der Waals surface area contributed by atoms with Crippen molar-refractivity contribution in [2.24, 2.45) is 0 Å². The van der Waals surface area contributed by atoms with E-state index in [1.165, 1.54) is 19.2 Å². The number of hydrogen-bond acceptors (Lipinski definition) is 9. The van der Waals surface area contributed by atoms with Crippen LogP contribution in [0, 0.1) is 5.82 Å². The van der Waals surface area contributed by atoms with Crippen LogP contribution < -0.4 is 20.9 Å². The molecule has 2 aromatic heterocycles. The van der Waals surface area contributed by atoms with Crippen molar-refractivity contribution in [2.75, 3.05) is 18.6 Å². The van der Waals surface area contributed by atoms with Crippen LogP contribution in [0.15, 0.2) is 59.0 Å². The molecule has 0 unspecified atom stereocenters. The number of aromatic nitrogens is 4. The third kappa shape index (κ3) is 4.29. The second kappa shape index (κ2) is 8.90. The lowest BCUT2D eigenvalue weighted by molar-refractivity contribution is 0.417. The van der Waals surface area contributed by atoms with Crippen molar-refractivity contribution in [1.82, 2.24) is 20.2 Å². The Morgan fingerprint density at radius 3 is 2.54 bits per heavy atom. The normalized spacial score (nSPS) is 11.1. The quantitative estimate of drug-likeness (QED) is 0.327. The molecular formula is C25H21FN6O3. The number of anilines is 2. The van der Waals surface area contributed by atoms with Gasteiger partial charge in [-0.25, -0.2) is 14.4 Å². The van der Waals surface area contributed by atoms with Gasteiger partial charge < -0.3 is 25.4 Å². The summed E-state index contributed by atoms with van der Waals surface area (Å²) in [4.78, 5) is 8.72. The SMILES string of the molecule is CCc1nnc(-c2cccc(Oc3ccc(-c4nc(N)c5cc(N)c(OC)cc5n4)c(F)c3)c2)o1. The number of rotatable bonds is 6. The Morgan fingerprint density at radius 2 is 1.80 bits per heavy atom. The van der Waals surface area contributed by atoms with E-state index in [4.69, 9.17) is 25.4 Å². The average molecular weight is 472 g/mol. The van der Waals surface area contributed by atoms with Crippen LogP contribution in [-0.4, -0.2) is 27.3 Å². The summed E-state index contributed by atoms with van der Waals surface area (Å²) in [6, 6.07) is 14.8. The fourth-order valence-electron chi connectivity index (χ4n) is 3.58. The van der Waals surface area contributed by atoms with E-state index in [-0.39, 0.29) is 17.2 Å². The summed E-state index contributed by atoms with van der Waals surface area (Å²) in [7, 11) is 1.50. The molecule has 0 atom stereocenters. The van der Waals surface area contributed by atoms with Crippen LogP contribution in [0.4, 0.5) is 15.9 Å². The monoisotopic (exact) mass is 472 g/mol. The molecule has 0 aliphatic carbocycles. The molecule has 9 nitrogen and oxygen atoms in total. The molecule has 0 aliphatic heterocycles. The summed E-state index contributed by atoms with van der Waals surface area (Å²) >= 11 is 0. The first-order chi connectivity index (χ1) is 16.9. The van der Waals surface area contributed by atoms with Crippen LogP contribution in [0.1, 0.15) is 12.8 Å². The van der Waals surface area contributed by atoms with E-state index in [1.807, 2.05) is 13.0 Å². The number of benzene rings is 3. The fourth-order valence-corrected chi connectivity index (χ4v) is 3.58. The first kappa shape index (κ1) is 22.1. The van der Waals surface area contributed by atoms with Gasteiger partial charge in [0.25, 0.3) is 0 Å². The van der Waals surface area contributed by atoms with Gasteiger partial charge in [-0.3, -0.25) is 0 Å². The van der Waals surface area contributed by atoms with Crippen molar-refractivity contribution in [1.29, 1.82) is 0 Å². The molecule has 0 radical (unpaired) electrons. The molecule has 0 fully saturated rings. The Kier molecular flexibility index (Phi) is 5.61. The summed E-state index contributed by atoms with van der Waals surface area (Å²) in [5, 5.41) is 8.57. The van der Waals surface area contributed by atoms with Crippen LogP contribution in [0.3, 0.4) is 0 Å². The minimum absolute atomic E-state index is 0.135. The minimum atomic E-state index is -0.565. The van der Waals surface area contributed by atoms with Crippen molar-refractivity contribution in [3.8, 4) is 40.1 Å². The molecule has 35 heavy (non-hydrogen) atoms. The Labute approximate surface area is 199 Å². The molecule has 5 rings (SSSR count). The zero-order valence-corrected chi connectivity index (χ0v) is 18.9. The van der Waals surface area contributed by atoms with Gasteiger partial charge >= 0.3 is 0 Å². The second-order valence-corrected chi connectivity index (χ2v) is 7.67. The fraction of sp³-hybridized carbons (Fsp3) is 0.120. The molecule has 4 N–H and O–H groups in total.